The summed E-state index contributed by atoms with van der Waals surface area (Å²) in [7, 11) is 2.91. The fourth-order valence-electron chi connectivity index (χ4n) is 2.41. The van der Waals surface area contributed by atoms with Crippen molar-refractivity contribution in [2.45, 2.75) is 13.5 Å². The highest BCUT2D eigenvalue weighted by atomic mass is 16.6. The largest absolute Gasteiger partial charge is 0.490 e. The maximum Gasteiger partial charge on any atom is 0.338 e. The van der Waals surface area contributed by atoms with Crippen molar-refractivity contribution in [2.24, 2.45) is 0 Å². The summed E-state index contributed by atoms with van der Waals surface area (Å²) < 4.78 is 9.88. The molecular formula is C19H20N2O6. The van der Waals surface area contributed by atoms with Crippen molar-refractivity contribution in [3.63, 3.8) is 0 Å². The number of amides is 1. The van der Waals surface area contributed by atoms with Crippen LogP contribution < -0.4 is 4.74 Å². The molecule has 0 aromatic heterocycles. The molecule has 8 nitrogen and oxygen atoms in total. The van der Waals surface area contributed by atoms with Gasteiger partial charge in [-0.3, -0.25) is 14.9 Å². The highest BCUT2D eigenvalue weighted by Crippen LogP contribution is 2.27. The summed E-state index contributed by atoms with van der Waals surface area (Å²) in [5.41, 5.74) is 1.66. The predicted molar refractivity (Wildman–Crippen MR) is 97.6 cm³/mol. The summed E-state index contributed by atoms with van der Waals surface area (Å²) in [6, 6.07) is 11.4. The van der Waals surface area contributed by atoms with Crippen LogP contribution in [0.5, 0.6) is 5.75 Å². The van der Waals surface area contributed by atoms with Gasteiger partial charge in [0.15, 0.2) is 12.4 Å². The summed E-state index contributed by atoms with van der Waals surface area (Å²) in [4.78, 5) is 36.1. The summed E-state index contributed by atoms with van der Waals surface area (Å²) in [5.74, 6) is -1.17. The van der Waals surface area contributed by atoms with Gasteiger partial charge in [0.25, 0.3) is 5.91 Å². The Bertz CT molecular complexity index is 865. The van der Waals surface area contributed by atoms with Crippen LogP contribution in [0.2, 0.25) is 0 Å². The molecule has 2 rings (SSSR count). The lowest BCUT2D eigenvalue weighted by molar-refractivity contribution is -0.385. The van der Waals surface area contributed by atoms with Crippen LogP contribution in [0.3, 0.4) is 0 Å². The number of hydrogen-bond donors (Lipinski definition) is 0. The minimum absolute atomic E-state index is 0.0307. The topological polar surface area (TPSA) is 99.0 Å². The van der Waals surface area contributed by atoms with Crippen molar-refractivity contribution in [1.29, 1.82) is 0 Å². The van der Waals surface area contributed by atoms with E-state index < -0.39 is 17.5 Å². The first kappa shape index (κ1) is 19.9. The Kier molecular flexibility index (Phi) is 6.48. The molecule has 2 aromatic carbocycles. The van der Waals surface area contributed by atoms with Crippen LogP contribution in [0.15, 0.2) is 42.5 Å². The van der Waals surface area contributed by atoms with Crippen molar-refractivity contribution in [1.82, 2.24) is 4.90 Å². The first-order valence-corrected chi connectivity index (χ1v) is 8.11. The SMILES string of the molecule is COc1ccc(C(=O)OCC(=O)N(C)Cc2ccccc2C)cc1[N+](=O)[O-]. The normalized spacial score (nSPS) is 10.2. The van der Waals surface area contributed by atoms with E-state index in [9.17, 15) is 19.7 Å². The minimum Gasteiger partial charge on any atom is -0.490 e. The molecule has 8 heteroatoms. The Morgan fingerprint density at radius 3 is 2.52 bits per heavy atom. The number of methoxy groups -OCH3 is 1. The van der Waals surface area contributed by atoms with E-state index in [1.54, 1.807) is 7.05 Å². The van der Waals surface area contributed by atoms with Crippen molar-refractivity contribution < 1.29 is 24.0 Å². The van der Waals surface area contributed by atoms with Gasteiger partial charge in [-0.15, -0.1) is 0 Å². The molecule has 0 unspecified atom stereocenters. The molecule has 0 atom stereocenters. The first-order chi connectivity index (χ1) is 12.8. The van der Waals surface area contributed by atoms with Crippen LogP contribution in [0, 0.1) is 17.0 Å². The van der Waals surface area contributed by atoms with E-state index >= 15 is 0 Å². The van der Waals surface area contributed by atoms with Crippen LogP contribution in [0.25, 0.3) is 0 Å². The minimum atomic E-state index is -0.821. The van der Waals surface area contributed by atoms with E-state index in [2.05, 4.69) is 0 Å². The standard InChI is InChI=1S/C19H20N2O6/c1-13-6-4-5-7-15(13)11-20(2)18(22)12-27-19(23)14-8-9-17(26-3)16(10-14)21(24)25/h4-10H,11-12H2,1-3H3. The summed E-state index contributed by atoms with van der Waals surface area (Å²) in [6.45, 7) is 1.88. The molecule has 142 valence electrons. The van der Waals surface area contributed by atoms with Gasteiger partial charge in [-0.25, -0.2) is 4.79 Å². The lowest BCUT2D eigenvalue weighted by Crippen LogP contribution is -2.31. The molecule has 0 heterocycles. The van der Waals surface area contributed by atoms with Gasteiger partial charge in [0.2, 0.25) is 0 Å². The third-order valence-corrected chi connectivity index (χ3v) is 4.03. The first-order valence-electron chi connectivity index (χ1n) is 8.11. The number of nitro benzene ring substituents is 1. The van der Waals surface area contributed by atoms with Gasteiger partial charge in [0.1, 0.15) is 0 Å². The van der Waals surface area contributed by atoms with Crippen molar-refractivity contribution in [3.8, 4) is 5.75 Å². The molecule has 0 spiro atoms. The van der Waals surface area contributed by atoms with Gasteiger partial charge >= 0.3 is 11.7 Å². The predicted octanol–water partition coefficient (Wildman–Crippen LogP) is 2.73. The van der Waals surface area contributed by atoms with Gasteiger partial charge in [0.05, 0.1) is 17.6 Å². The van der Waals surface area contributed by atoms with E-state index in [0.29, 0.717) is 6.54 Å². The fraction of sp³-hybridized carbons (Fsp3) is 0.263. The molecule has 0 bridgehead atoms. The van der Waals surface area contributed by atoms with Crippen LogP contribution in [0.4, 0.5) is 5.69 Å². The smallest absolute Gasteiger partial charge is 0.338 e. The third kappa shape index (κ3) is 5.04. The molecule has 0 aliphatic carbocycles. The molecule has 1 amide bonds. The molecule has 0 N–H and O–H groups in total. The highest BCUT2D eigenvalue weighted by molar-refractivity contribution is 5.92. The molecular weight excluding hydrogens is 352 g/mol. The number of rotatable bonds is 7. The van der Waals surface area contributed by atoms with Gasteiger partial charge in [0, 0.05) is 19.7 Å². The van der Waals surface area contributed by atoms with Crippen LogP contribution >= 0.6 is 0 Å². The number of nitrogens with zero attached hydrogens (tertiary/aromatic N) is 2. The van der Waals surface area contributed by atoms with E-state index in [0.717, 1.165) is 17.2 Å². The summed E-state index contributed by atoms with van der Waals surface area (Å²) in [5, 5.41) is 11.0. The quantitative estimate of drug-likeness (QED) is 0.421. The Hall–Kier alpha value is -3.42. The zero-order chi connectivity index (χ0) is 20.0. The second-order valence-electron chi connectivity index (χ2n) is 5.90. The zero-order valence-corrected chi connectivity index (χ0v) is 15.3. The van der Waals surface area contributed by atoms with Gasteiger partial charge in [-0.05, 0) is 30.2 Å². The number of carbonyl (C=O) groups is 2. The number of likely N-dealkylation sites (N-methyl/N-ethyl adjacent to an activating group) is 1. The summed E-state index contributed by atoms with van der Waals surface area (Å²) >= 11 is 0. The molecule has 0 saturated heterocycles. The Labute approximate surface area is 156 Å². The average molecular weight is 372 g/mol. The van der Waals surface area contributed by atoms with Crippen LogP contribution in [0.1, 0.15) is 21.5 Å². The zero-order valence-electron chi connectivity index (χ0n) is 15.3. The Balaban J connectivity index is 1.98. The van der Waals surface area contributed by atoms with Crippen molar-refractivity contribution in [3.05, 3.63) is 69.3 Å². The van der Waals surface area contributed by atoms with Crippen molar-refractivity contribution >= 4 is 17.6 Å². The van der Waals surface area contributed by atoms with E-state index in [-0.39, 0.29) is 22.9 Å². The molecule has 0 aliphatic rings. The molecule has 27 heavy (non-hydrogen) atoms. The van der Waals surface area contributed by atoms with E-state index in [4.69, 9.17) is 9.47 Å². The average Bonchev–Trinajstić information content (AvgIpc) is 2.66. The highest BCUT2D eigenvalue weighted by Gasteiger charge is 2.20. The second-order valence-corrected chi connectivity index (χ2v) is 5.90. The molecule has 0 aliphatic heterocycles. The van der Waals surface area contributed by atoms with E-state index in [1.165, 1.54) is 24.1 Å². The fourth-order valence-corrected chi connectivity index (χ4v) is 2.41. The maximum atomic E-state index is 12.2. The lowest BCUT2D eigenvalue weighted by Gasteiger charge is -2.18. The Morgan fingerprint density at radius 1 is 1.19 bits per heavy atom. The number of esters is 1. The number of ether oxygens (including phenoxy) is 2. The lowest BCUT2D eigenvalue weighted by atomic mass is 10.1. The molecule has 2 aromatic rings. The number of benzene rings is 2. The van der Waals surface area contributed by atoms with Crippen molar-refractivity contribution in [2.75, 3.05) is 20.8 Å². The maximum absolute atomic E-state index is 12.2. The second kappa shape index (κ2) is 8.79. The number of nitro groups is 1. The molecule has 0 saturated carbocycles. The third-order valence-electron chi connectivity index (χ3n) is 4.03. The Morgan fingerprint density at radius 2 is 1.89 bits per heavy atom. The summed E-state index contributed by atoms with van der Waals surface area (Å²) in [6.07, 6.45) is 0. The van der Waals surface area contributed by atoms with Gasteiger partial charge in [-0.2, -0.15) is 0 Å². The number of carbonyl (C=O) groups excluding carboxylic acids is 2. The van der Waals surface area contributed by atoms with Gasteiger partial charge < -0.3 is 14.4 Å². The number of hydrogen-bond acceptors (Lipinski definition) is 6. The van der Waals surface area contributed by atoms with Crippen LogP contribution in [-0.4, -0.2) is 42.5 Å². The van der Waals surface area contributed by atoms with Gasteiger partial charge in [-0.1, -0.05) is 24.3 Å². The molecule has 0 fully saturated rings. The van der Waals surface area contributed by atoms with E-state index in [1.807, 2.05) is 31.2 Å². The molecule has 0 radical (unpaired) electrons. The van der Waals surface area contributed by atoms with Crippen LogP contribution in [-0.2, 0) is 16.1 Å². The monoisotopic (exact) mass is 372 g/mol. The number of aryl methyl sites for hydroxylation is 1.